The van der Waals surface area contributed by atoms with E-state index in [1.54, 1.807) is 0 Å². The van der Waals surface area contributed by atoms with Crippen molar-refractivity contribution in [3.8, 4) is 0 Å². The lowest BCUT2D eigenvalue weighted by Crippen LogP contribution is -1.77. The average Bonchev–Trinajstić information content (AvgIpc) is 2.37. The average molecular weight is 307 g/mol. The quantitative estimate of drug-likeness (QED) is 0.387. The predicted molar refractivity (Wildman–Crippen MR) is 84.7 cm³/mol. The first-order valence-electron chi connectivity index (χ1n) is 6.99. The molecule has 0 fully saturated rings. The first-order valence-corrected chi connectivity index (χ1v) is 7.78. The van der Waals surface area contributed by atoms with Gasteiger partial charge in [-0.15, -0.1) is 5.73 Å². The van der Waals surface area contributed by atoms with Crippen LogP contribution in [0.2, 0.25) is 0 Å². The van der Waals surface area contributed by atoms with Gasteiger partial charge in [0.25, 0.3) is 0 Å². The lowest BCUT2D eigenvalue weighted by molar-refractivity contribution is 0.611. The Morgan fingerprint density at radius 3 is 2.67 bits per heavy atom. The third kappa shape index (κ3) is 7.53. The summed E-state index contributed by atoms with van der Waals surface area (Å²) in [6.07, 6.45) is 13.5. The maximum absolute atomic E-state index is 3.47. The molecule has 0 nitrogen and oxygen atoms in total. The molecule has 1 rings (SSSR count). The molecule has 0 N–H and O–H groups in total. The molecular formula is C17H23Br. The second-order valence-electron chi connectivity index (χ2n) is 4.63. The van der Waals surface area contributed by atoms with Crippen molar-refractivity contribution in [3.05, 3.63) is 46.1 Å². The highest BCUT2D eigenvalue weighted by molar-refractivity contribution is 9.10. The molecule has 0 atom stereocenters. The van der Waals surface area contributed by atoms with E-state index in [9.17, 15) is 0 Å². The van der Waals surface area contributed by atoms with E-state index in [1.807, 2.05) is 18.2 Å². The molecule has 0 spiro atoms. The summed E-state index contributed by atoms with van der Waals surface area (Å²) < 4.78 is 1.12. The van der Waals surface area contributed by atoms with Crippen molar-refractivity contribution < 1.29 is 0 Å². The molecule has 1 aromatic carbocycles. The number of benzene rings is 1. The first-order chi connectivity index (χ1) is 8.83. The van der Waals surface area contributed by atoms with E-state index in [2.05, 4.69) is 46.8 Å². The summed E-state index contributed by atoms with van der Waals surface area (Å²) in [5, 5.41) is 0. The van der Waals surface area contributed by atoms with Gasteiger partial charge in [0.2, 0.25) is 0 Å². The summed E-state index contributed by atoms with van der Waals surface area (Å²) in [6, 6.07) is 8.28. The molecule has 0 aliphatic rings. The lowest BCUT2D eigenvalue weighted by Gasteiger charge is -1.96. The van der Waals surface area contributed by atoms with E-state index in [0.717, 1.165) is 10.9 Å². The van der Waals surface area contributed by atoms with Gasteiger partial charge < -0.3 is 0 Å². The SMILES string of the molecule is CCCCCCCCC=C=Cc1cccc(Br)c1. The van der Waals surface area contributed by atoms with Crippen molar-refractivity contribution in [2.75, 3.05) is 0 Å². The number of rotatable bonds is 8. The van der Waals surface area contributed by atoms with Crippen LogP contribution in [0.4, 0.5) is 0 Å². The standard InChI is InChI=1S/C17H23Br/c1-2-3-4-5-6-7-8-9-10-12-16-13-11-14-17(18)15-16/h9,11-15H,2-8H2,1H3. The molecule has 0 bridgehead atoms. The van der Waals surface area contributed by atoms with Gasteiger partial charge in [-0.1, -0.05) is 67.1 Å². The van der Waals surface area contributed by atoms with E-state index >= 15 is 0 Å². The molecule has 18 heavy (non-hydrogen) atoms. The molecular weight excluding hydrogens is 284 g/mol. The summed E-state index contributed by atoms with van der Waals surface area (Å²) in [4.78, 5) is 0. The largest absolute Gasteiger partial charge is 0.125 e. The van der Waals surface area contributed by atoms with Gasteiger partial charge in [-0.25, -0.2) is 0 Å². The van der Waals surface area contributed by atoms with Gasteiger partial charge in [-0.05, 0) is 42.7 Å². The molecule has 0 unspecified atom stereocenters. The number of allylic oxidation sites excluding steroid dienone is 1. The molecule has 0 saturated carbocycles. The highest BCUT2D eigenvalue weighted by Gasteiger charge is 1.88. The minimum Gasteiger partial charge on any atom is -0.125 e. The lowest BCUT2D eigenvalue weighted by atomic mass is 10.1. The number of hydrogen-bond acceptors (Lipinski definition) is 0. The van der Waals surface area contributed by atoms with Gasteiger partial charge in [0.15, 0.2) is 0 Å². The first kappa shape index (κ1) is 15.3. The van der Waals surface area contributed by atoms with Gasteiger partial charge >= 0.3 is 0 Å². The Bertz CT molecular complexity index is 386. The molecule has 1 heteroatoms. The molecule has 0 aliphatic carbocycles. The number of halogens is 1. The van der Waals surface area contributed by atoms with Crippen molar-refractivity contribution >= 4 is 22.0 Å². The van der Waals surface area contributed by atoms with Gasteiger partial charge in [-0.2, -0.15) is 0 Å². The van der Waals surface area contributed by atoms with Crippen LogP contribution in [-0.4, -0.2) is 0 Å². The van der Waals surface area contributed by atoms with Crippen LogP contribution in [0.3, 0.4) is 0 Å². The predicted octanol–water partition coefficient (Wildman–Crippen LogP) is 6.37. The second kappa shape index (κ2) is 10.2. The Morgan fingerprint density at radius 1 is 1.11 bits per heavy atom. The Kier molecular flexibility index (Phi) is 8.63. The Hall–Kier alpha value is -0.780. The number of hydrogen-bond donors (Lipinski definition) is 0. The zero-order valence-corrected chi connectivity index (χ0v) is 12.9. The van der Waals surface area contributed by atoms with Crippen molar-refractivity contribution in [1.29, 1.82) is 0 Å². The Labute approximate surface area is 120 Å². The van der Waals surface area contributed by atoms with E-state index in [0.29, 0.717) is 0 Å². The fourth-order valence-electron chi connectivity index (χ4n) is 1.86. The summed E-state index contributed by atoms with van der Waals surface area (Å²) in [7, 11) is 0. The smallest absolute Gasteiger partial charge is 0.0181 e. The molecule has 0 heterocycles. The van der Waals surface area contributed by atoms with Crippen LogP contribution in [0.1, 0.15) is 57.4 Å². The molecule has 0 aromatic heterocycles. The van der Waals surface area contributed by atoms with Gasteiger partial charge in [-0.3, -0.25) is 0 Å². The Balaban J connectivity index is 2.16. The topological polar surface area (TPSA) is 0 Å². The molecule has 1 aromatic rings. The fraction of sp³-hybridized carbons (Fsp3) is 0.471. The van der Waals surface area contributed by atoms with Crippen LogP contribution in [0.5, 0.6) is 0 Å². The third-order valence-electron chi connectivity index (χ3n) is 2.92. The minimum absolute atomic E-state index is 1.12. The second-order valence-corrected chi connectivity index (χ2v) is 5.54. The van der Waals surface area contributed by atoms with Crippen LogP contribution < -0.4 is 0 Å². The zero-order valence-electron chi connectivity index (χ0n) is 11.3. The fourth-order valence-corrected chi connectivity index (χ4v) is 2.28. The van der Waals surface area contributed by atoms with E-state index in [-0.39, 0.29) is 0 Å². The molecule has 0 radical (unpaired) electrons. The normalized spacial score (nSPS) is 9.89. The highest BCUT2D eigenvalue weighted by atomic mass is 79.9. The third-order valence-corrected chi connectivity index (χ3v) is 3.41. The van der Waals surface area contributed by atoms with E-state index < -0.39 is 0 Å². The van der Waals surface area contributed by atoms with Crippen LogP contribution in [0.15, 0.2) is 40.5 Å². The van der Waals surface area contributed by atoms with Crippen molar-refractivity contribution in [2.45, 2.75) is 51.9 Å². The molecule has 0 amide bonds. The van der Waals surface area contributed by atoms with Gasteiger partial charge in [0.1, 0.15) is 0 Å². The van der Waals surface area contributed by atoms with Crippen LogP contribution in [0.25, 0.3) is 6.08 Å². The van der Waals surface area contributed by atoms with Gasteiger partial charge in [0.05, 0.1) is 0 Å². The van der Waals surface area contributed by atoms with Crippen LogP contribution in [0, 0.1) is 0 Å². The zero-order chi connectivity index (χ0) is 13.1. The summed E-state index contributed by atoms with van der Waals surface area (Å²) in [5.74, 6) is 0. The highest BCUT2D eigenvalue weighted by Crippen LogP contribution is 2.12. The van der Waals surface area contributed by atoms with Crippen molar-refractivity contribution in [1.82, 2.24) is 0 Å². The minimum atomic E-state index is 1.12. The number of unbranched alkanes of at least 4 members (excludes halogenated alkanes) is 6. The monoisotopic (exact) mass is 306 g/mol. The maximum Gasteiger partial charge on any atom is 0.0181 e. The Morgan fingerprint density at radius 2 is 1.89 bits per heavy atom. The summed E-state index contributed by atoms with van der Waals surface area (Å²) in [6.45, 7) is 2.26. The molecule has 98 valence electrons. The van der Waals surface area contributed by atoms with Crippen molar-refractivity contribution in [3.63, 3.8) is 0 Å². The molecule has 0 saturated heterocycles. The van der Waals surface area contributed by atoms with E-state index in [1.165, 1.54) is 44.1 Å². The maximum atomic E-state index is 3.47. The van der Waals surface area contributed by atoms with Crippen LogP contribution >= 0.6 is 15.9 Å². The van der Waals surface area contributed by atoms with Crippen LogP contribution in [-0.2, 0) is 0 Å². The van der Waals surface area contributed by atoms with E-state index in [4.69, 9.17) is 0 Å². The van der Waals surface area contributed by atoms with Gasteiger partial charge in [0, 0.05) is 4.47 Å². The summed E-state index contributed by atoms with van der Waals surface area (Å²) in [5.41, 5.74) is 4.46. The summed E-state index contributed by atoms with van der Waals surface area (Å²) >= 11 is 3.47. The molecule has 0 aliphatic heterocycles. The van der Waals surface area contributed by atoms with Crippen molar-refractivity contribution in [2.24, 2.45) is 0 Å².